The first kappa shape index (κ1) is 12.1. The Morgan fingerprint density at radius 2 is 1.75 bits per heavy atom. The highest BCUT2D eigenvalue weighted by Crippen LogP contribution is 2.25. The maximum absolute atomic E-state index is 9.28. The van der Waals surface area contributed by atoms with Gasteiger partial charge in [-0.05, 0) is 24.3 Å². The zero-order chi connectivity index (χ0) is 13.9. The van der Waals surface area contributed by atoms with Gasteiger partial charge in [0.2, 0.25) is 0 Å². The lowest BCUT2D eigenvalue weighted by molar-refractivity contribution is 0.415. The van der Waals surface area contributed by atoms with Gasteiger partial charge in [-0.25, -0.2) is 9.97 Å². The van der Waals surface area contributed by atoms with Crippen LogP contribution in [0.3, 0.4) is 0 Å². The van der Waals surface area contributed by atoms with Crippen LogP contribution in [0.1, 0.15) is 5.69 Å². The summed E-state index contributed by atoms with van der Waals surface area (Å²) in [6, 6.07) is 17.1. The van der Waals surface area contributed by atoms with Crippen molar-refractivity contribution in [1.82, 2.24) is 9.97 Å². The van der Waals surface area contributed by atoms with Crippen LogP contribution in [0.2, 0.25) is 0 Å². The molecule has 0 spiro atoms. The molecular formula is C16H11N3O. The molecule has 4 nitrogen and oxygen atoms in total. The van der Waals surface area contributed by atoms with Crippen molar-refractivity contribution in [3.63, 3.8) is 0 Å². The second-order valence-electron chi connectivity index (χ2n) is 4.25. The summed E-state index contributed by atoms with van der Waals surface area (Å²) < 4.78 is 5.21. The second-order valence-corrected chi connectivity index (χ2v) is 4.25. The summed E-state index contributed by atoms with van der Waals surface area (Å²) in [5.74, 6) is 0.723. The lowest BCUT2D eigenvalue weighted by Crippen LogP contribution is -1.95. The van der Waals surface area contributed by atoms with Crippen molar-refractivity contribution in [3.05, 3.63) is 54.2 Å². The van der Waals surface area contributed by atoms with Crippen LogP contribution in [0.15, 0.2) is 48.5 Å². The van der Waals surface area contributed by atoms with Crippen LogP contribution in [0.25, 0.3) is 22.3 Å². The average molecular weight is 261 g/mol. The van der Waals surface area contributed by atoms with E-state index in [0.717, 1.165) is 22.3 Å². The molecule has 4 heteroatoms. The largest absolute Gasteiger partial charge is 0.497 e. The number of ether oxygens (including phenoxy) is 1. The summed E-state index contributed by atoms with van der Waals surface area (Å²) in [6.07, 6.45) is 0. The van der Waals surface area contributed by atoms with E-state index in [0.29, 0.717) is 11.4 Å². The number of benzene rings is 2. The van der Waals surface area contributed by atoms with Gasteiger partial charge < -0.3 is 4.74 Å². The summed E-state index contributed by atoms with van der Waals surface area (Å²) >= 11 is 0. The Bertz CT molecular complexity index is 821. The monoisotopic (exact) mass is 261 g/mol. The van der Waals surface area contributed by atoms with E-state index in [4.69, 9.17) is 4.74 Å². The molecule has 0 radical (unpaired) electrons. The number of nitriles is 1. The van der Waals surface area contributed by atoms with Crippen LogP contribution in [0, 0.1) is 11.3 Å². The molecule has 2 aromatic carbocycles. The molecule has 0 aliphatic rings. The highest BCUT2D eigenvalue weighted by atomic mass is 16.5. The van der Waals surface area contributed by atoms with Gasteiger partial charge in [0.15, 0.2) is 5.69 Å². The van der Waals surface area contributed by atoms with Gasteiger partial charge >= 0.3 is 0 Å². The number of fused-ring (bicyclic) bond motifs is 1. The van der Waals surface area contributed by atoms with Gasteiger partial charge in [-0.3, -0.25) is 0 Å². The van der Waals surface area contributed by atoms with Gasteiger partial charge in [-0.2, -0.15) is 5.26 Å². The second kappa shape index (κ2) is 4.98. The summed E-state index contributed by atoms with van der Waals surface area (Å²) in [4.78, 5) is 8.91. The molecule has 0 fully saturated rings. The van der Waals surface area contributed by atoms with Crippen molar-refractivity contribution in [2.75, 3.05) is 7.11 Å². The Morgan fingerprint density at radius 3 is 2.45 bits per heavy atom. The van der Waals surface area contributed by atoms with Crippen molar-refractivity contribution in [1.29, 1.82) is 5.26 Å². The van der Waals surface area contributed by atoms with Crippen molar-refractivity contribution in [3.8, 4) is 23.1 Å². The zero-order valence-corrected chi connectivity index (χ0v) is 10.9. The lowest BCUT2D eigenvalue weighted by atomic mass is 10.1. The minimum atomic E-state index is 0.317. The number of hydrogen-bond donors (Lipinski definition) is 0. The first-order valence-electron chi connectivity index (χ1n) is 6.13. The molecule has 0 unspecified atom stereocenters. The van der Waals surface area contributed by atoms with Gasteiger partial charge in [0.1, 0.15) is 17.5 Å². The van der Waals surface area contributed by atoms with Crippen molar-refractivity contribution < 1.29 is 4.74 Å². The first-order valence-corrected chi connectivity index (χ1v) is 6.13. The number of hydrogen-bond acceptors (Lipinski definition) is 4. The Balaban J connectivity index is 2.26. The van der Waals surface area contributed by atoms with E-state index in [1.165, 1.54) is 0 Å². The number of rotatable bonds is 2. The number of methoxy groups -OCH3 is 1. The fraction of sp³-hybridized carbons (Fsp3) is 0.0625. The van der Waals surface area contributed by atoms with Crippen LogP contribution < -0.4 is 4.74 Å². The average Bonchev–Trinajstić information content (AvgIpc) is 2.53. The fourth-order valence-electron chi connectivity index (χ4n) is 2.05. The minimum Gasteiger partial charge on any atom is -0.497 e. The quantitative estimate of drug-likeness (QED) is 0.711. The smallest absolute Gasteiger partial charge is 0.167 e. The lowest BCUT2D eigenvalue weighted by Gasteiger charge is -2.06. The Hall–Kier alpha value is -2.93. The minimum absolute atomic E-state index is 0.317. The molecule has 0 saturated heterocycles. The summed E-state index contributed by atoms with van der Waals surface area (Å²) in [6.45, 7) is 0. The standard InChI is InChI=1S/C16H11N3O/c1-20-12-6-4-5-11(9-12)16-15(10-17)18-13-7-2-3-8-14(13)19-16/h2-9H,1H3. The van der Waals surface area contributed by atoms with E-state index in [9.17, 15) is 5.26 Å². The third kappa shape index (κ3) is 2.06. The van der Waals surface area contributed by atoms with Crippen molar-refractivity contribution in [2.24, 2.45) is 0 Å². The van der Waals surface area contributed by atoms with Gasteiger partial charge in [0.05, 0.1) is 18.1 Å². The zero-order valence-electron chi connectivity index (χ0n) is 10.9. The van der Waals surface area contributed by atoms with E-state index >= 15 is 0 Å². The Kier molecular flexibility index (Phi) is 3.02. The Morgan fingerprint density at radius 1 is 1.00 bits per heavy atom. The van der Waals surface area contributed by atoms with E-state index in [2.05, 4.69) is 16.0 Å². The normalized spacial score (nSPS) is 10.2. The maximum atomic E-state index is 9.28. The molecule has 96 valence electrons. The number of para-hydroxylation sites is 2. The number of aromatic nitrogens is 2. The van der Waals surface area contributed by atoms with Crippen LogP contribution in [0.4, 0.5) is 0 Å². The Labute approximate surface area is 116 Å². The molecule has 0 N–H and O–H groups in total. The summed E-state index contributed by atoms with van der Waals surface area (Å²) in [7, 11) is 1.61. The van der Waals surface area contributed by atoms with Crippen LogP contribution >= 0.6 is 0 Å². The molecule has 0 amide bonds. The van der Waals surface area contributed by atoms with Gasteiger partial charge in [-0.1, -0.05) is 24.3 Å². The molecule has 0 aliphatic heterocycles. The molecule has 1 aromatic heterocycles. The van der Waals surface area contributed by atoms with Gasteiger partial charge in [0, 0.05) is 5.56 Å². The van der Waals surface area contributed by atoms with Crippen molar-refractivity contribution >= 4 is 11.0 Å². The molecular weight excluding hydrogens is 250 g/mol. The molecule has 1 heterocycles. The van der Waals surface area contributed by atoms with Gasteiger partial charge in [-0.15, -0.1) is 0 Å². The summed E-state index contributed by atoms with van der Waals surface area (Å²) in [5.41, 5.74) is 3.20. The summed E-state index contributed by atoms with van der Waals surface area (Å²) in [5, 5.41) is 9.28. The third-order valence-corrected chi connectivity index (χ3v) is 3.02. The van der Waals surface area contributed by atoms with Crippen molar-refractivity contribution in [2.45, 2.75) is 0 Å². The highest BCUT2D eigenvalue weighted by molar-refractivity contribution is 5.79. The molecule has 0 bridgehead atoms. The van der Waals surface area contributed by atoms with E-state index < -0.39 is 0 Å². The molecule has 3 aromatic rings. The molecule has 0 aliphatic carbocycles. The SMILES string of the molecule is COc1cccc(-c2nc3ccccc3nc2C#N)c1. The molecule has 3 rings (SSSR count). The van der Waals surface area contributed by atoms with Crippen LogP contribution in [-0.4, -0.2) is 17.1 Å². The van der Waals surface area contributed by atoms with Crippen LogP contribution in [-0.2, 0) is 0 Å². The van der Waals surface area contributed by atoms with Gasteiger partial charge in [0.25, 0.3) is 0 Å². The predicted octanol–water partition coefficient (Wildman–Crippen LogP) is 3.18. The molecule has 0 saturated carbocycles. The predicted molar refractivity (Wildman–Crippen MR) is 76.2 cm³/mol. The van der Waals surface area contributed by atoms with E-state index in [1.54, 1.807) is 7.11 Å². The third-order valence-electron chi connectivity index (χ3n) is 3.02. The van der Waals surface area contributed by atoms with E-state index in [1.807, 2.05) is 48.5 Å². The van der Waals surface area contributed by atoms with Crippen LogP contribution in [0.5, 0.6) is 5.75 Å². The number of nitrogens with zero attached hydrogens (tertiary/aromatic N) is 3. The molecule has 0 atom stereocenters. The maximum Gasteiger partial charge on any atom is 0.167 e. The topological polar surface area (TPSA) is 58.8 Å². The highest BCUT2D eigenvalue weighted by Gasteiger charge is 2.11. The fourth-order valence-corrected chi connectivity index (χ4v) is 2.05. The van der Waals surface area contributed by atoms with E-state index in [-0.39, 0.29) is 0 Å². The molecule has 20 heavy (non-hydrogen) atoms. The first-order chi connectivity index (χ1) is 9.81.